The predicted octanol–water partition coefficient (Wildman–Crippen LogP) is 4.01. The van der Waals surface area contributed by atoms with Gasteiger partial charge in [0.2, 0.25) is 0 Å². The fourth-order valence-electron chi connectivity index (χ4n) is 1.79. The summed E-state index contributed by atoms with van der Waals surface area (Å²) < 4.78 is 15.5. The molecule has 0 aliphatic rings. The zero-order valence-electron chi connectivity index (χ0n) is 11.9. The molecule has 2 aromatic carbocycles. The summed E-state index contributed by atoms with van der Waals surface area (Å²) >= 11 is 5.67. The number of hydrogen-bond acceptors (Lipinski definition) is 2. The Hall–Kier alpha value is -1.35. The Labute approximate surface area is 150 Å². The lowest BCUT2D eigenvalue weighted by atomic mass is 10.3. The third-order valence-electron chi connectivity index (χ3n) is 3.00. The van der Waals surface area contributed by atoms with Crippen molar-refractivity contribution in [3.05, 3.63) is 56.3 Å². The van der Waals surface area contributed by atoms with Gasteiger partial charge in [-0.15, -0.1) is 0 Å². The largest absolute Gasteiger partial charge is 0.369 e. The average molecular weight is 477 g/mol. The molecule has 0 aromatic heterocycles. The molecule has 22 heavy (non-hydrogen) atoms. The first-order valence-electron chi connectivity index (χ1n) is 6.46. The van der Waals surface area contributed by atoms with E-state index in [0.717, 1.165) is 13.7 Å². The highest BCUT2D eigenvalue weighted by molar-refractivity contribution is 14.1. The van der Waals surface area contributed by atoms with Gasteiger partial charge in [-0.3, -0.25) is 0 Å². The topological polar surface area (TPSA) is 53.6 Å². The second kappa shape index (κ2) is 7.77. The summed E-state index contributed by atoms with van der Waals surface area (Å²) in [7, 11) is 1.84. The Bertz CT molecular complexity index is 693. The summed E-state index contributed by atoms with van der Waals surface area (Å²) in [6, 6.07) is 12.3. The molecular formula is C15H15BrFIN4. The second-order valence-electron chi connectivity index (χ2n) is 4.49. The van der Waals surface area contributed by atoms with Gasteiger partial charge in [-0.1, -0.05) is 28.1 Å². The molecule has 7 heteroatoms. The van der Waals surface area contributed by atoms with E-state index >= 15 is 0 Å². The molecule has 2 rings (SSSR count). The lowest BCUT2D eigenvalue weighted by Gasteiger charge is -2.20. The van der Waals surface area contributed by atoms with E-state index in [1.165, 1.54) is 6.07 Å². The Morgan fingerprint density at radius 3 is 2.77 bits per heavy atom. The van der Waals surface area contributed by atoms with Gasteiger partial charge in [-0.25, -0.2) is 9.38 Å². The van der Waals surface area contributed by atoms with E-state index in [-0.39, 0.29) is 12.5 Å². The summed E-state index contributed by atoms with van der Waals surface area (Å²) in [5, 5.41) is 2.90. The number of nitrogens with zero attached hydrogens (tertiary/aromatic N) is 2. The van der Waals surface area contributed by atoms with Crippen LogP contribution in [0.5, 0.6) is 0 Å². The first kappa shape index (κ1) is 17.0. The molecule has 0 saturated heterocycles. The maximum atomic E-state index is 13.5. The Morgan fingerprint density at radius 1 is 1.36 bits per heavy atom. The number of hydrogen-bond donors (Lipinski definition) is 2. The lowest BCUT2D eigenvalue weighted by molar-refractivity contribution is 0.630. The molecule has 2 aromatic rings. The van der Waals surface area contributed by atoms with Gasteiger partial charge in [0.05, 0.1) is 11.4 Å². The fraction of sp³-hybridized carbons (Fsp3) is 0.133. The van der Waals surface area contributed by atoms with Crippen LogP contribution >= 0.6 is 38.5 Å². The number of anilines is 2. The monoisotopic (exact) mass is 476 g/mol. The average Bonchev–Trinajstić information content (AvgIpc) is 2.48. The molecule has 116 valence electrons. The van der Waals surface area contributed by atoms with Crippen molar-refractivity contribution < 1.29 is 4.39 Å². The summed E-state index contributed by atoms with van der Waals surface area (Å²) in [6.45, 7) is 0.199. The van der Waals surface area contributed by atoms with Gasteiger partial charge in [0.1, 0.15) is 12.5 Å². The first-order chi connectivity index (χ1) is 10.5. The molecule has 0 spiro atoms. The molecule has 0 aliphatic heterocycles. The van der Waals surface area contributed by atoms with Crippen LogP contribution in [-0.4, -0.2) is 19.7 Å². The van der Waals surface area contributed by atoms with Crippen LogP contribution in [0.1, 0.15) is 0 Å². The van der Waals surface area contributed by atoms with Crippen LogP contribution in [0.3, 0.4) is 0 Å². The molecule has 0 atom stereocenters. The molecule has 3 N–H and O–H groups in total. The van der Waals surface area contributed by atoms with Crippen molar-refractivity contribution in [2.75, 3.05) is 23.9 Å². The lowest BCUT2D eigenvalue weighted by Crippen LogP contribution is -2.35. The highest BCUT2D eigenvalue weighted by Crippen LogP contribution is 2.25. The molecule has 4 nitrogen and oxygen atoms in total. The summed E-state index contributed by atoms with van der Waals surface area (Å²) in [5.41, 5.74) is 7.34. The highest BCUT2D eigenvalue weighted by atomic mass is 127. The van der Waals surface area contributed by atoms with Gasteiger partial charge in [0, 0.05) is 15.1 Å². The van der Waals surface area contributed by atoms with Crippen LogP contribution in [0.4, 0.5) is 15.8 Å². The number of nitrogens with one attached hydrogen (secondary N) is 1. The molecule has 0 bridgehead atoms. The van der Waals surface area contributed by atoms with E-state index in [1.54, 1.807) is 23.1 Å². The normalized spacial score (nSPS) is 11.4. The molecule has 0 unspecified atom stereocenters. The van der Waals surface area contributed by atoms with Crippen molar-refractivity contribution in [1.29, 1.82) is 0 Å². The number of guanidine groups is 1. The van der Waals surface area contributed by atoms with Crippen LogP contribution in [0, 0.1) is 9.39 Å². The number of nitrogens with two attached hydrogens (primary N) is 1. The van der Waals surface area contributed by atoms with Crippen molar-refractivity contribution in [1.82, 2.24) is 0 Å². The van der Waals surface area contributed by atoms with Crippen molar-refractivity contribution in [3.63, 3.8) is 0 Å². The van der Waals surface area contributed by atoms with Crippen molar-refractivity contribution in [2.45, 2.75) is 0 Å². The van der Waals surface area contributed by atoms with E-state index in [1.807, 2.05) is 25.2 Å². The van der Waals surface area contributed by atoms with Gasteiger partial charge in [-0.05, 0) is 52.9 Å². The molecule has 0 fully saturated rings. The Kier molecular flexibility index (Phi) is 6.01. The summed E-state index contributed by atoms with van der Waals surface area (Å²) in [4.78, 5) is 6.02. The van der Waals surface area contributed by atoms with E-state index in [9.17, 15) is 4.39 Å². The minimum Gasteiger partial charge on any atom is -0.369 e. The van der Waals surface area contributed by atoms with Crippen molar-refractivity contribution >= 4 is 55.9 Å². The van der Waals surface area contributed by atoms with Gasteiger partial charge in [-0.2, -0.15) is 0 Å². The molecular weight excluding hydrogens is 462 g/mol. The minimum absolute atomic E-state index is 0.199. The number of benzene rings is 2. The third-order valence-corrected chi connectivity index (χ3v) is 4.36. The standard InChI is InChI=1S/C15H15BrFIN4/c1-22(14-7-6-10(16)8-12(14)18)15(19)21-9-20-13-5-3-2-4-11(13)17/h2-8,20H,9H2,1H3,(H2,19,21). The molecule has 0 heterocycles. The molecule has 0 saturated carbocycles. The van der Waals surface area contributed by atoms with E-state index in [0.29, 0.717) is 11.6 Å². The van der Waals surface area contributed by atoms with Crippen LogP contribution in [0.2, 0.25) is 0 Å². The van der Waals surface area contributed by atoms with Gasteiger partial charge in [0.25, 0.3) is 0 Å². The fourth-order valence-corrected chi connectivity index (χ4v) is 3.46. The number of rotatable bonds is 4. The van der Waals surface area contributed by atoms with Crippen LogP contribution in [-0.2, 0) is 0 Å². The Morgan fingerprint density at radius 2 is 2.09 bits per heavy atom. The van der Waals surface area contributed by atoms with E-state index < -0.39 is 0 Å². The minimum atomic E-state index is -0.313. The highest BCUT2D eigenvalue weighted by Gasteiger charge is 2.09. The van der Waals surface area contributed by atoms with Crippen LogP contribution in [0.15, 0.2) is 51.9 Å². The number of halogens is 3. The van der Waals surface area contributed by atoms with E-state index in [4.69, 9.17) is 5.73 Å². The van der Waals surface area contributed by atoms with Gasteiger partial charge < -0.3 is 16.0 Å². The number of para-hydroxylation sites is 1. The second-order valence-corrected chi connectivity index (χ2v) is 6.56. The van der Waals surface area contributed by atoms with Gasteiger partial charge >= 0.3 is 0 Å². The third kappa shape index (κ3) is 4.33. The molecule has 0 aliphatic carbocycles. The maximum absolute atomic E-state index is 13.5. The first-order valence-corrected chi connectivity index (χ1v) is 8.33. The zero-order valence-corrected chi connectivity index (χ0v) is 15.6. The number of aliphatic imine (C=N–C) groups is 1. The van der Waals surface area contributed by atoms with Crippen LogP contribution < -0.4 is 16.0 Å². The smallest absolute Gasteiger partial charge is 0.197 e. The Balaban J connectivity index is 2.04. The van der Waals surface area contributed by atoms with Gasteiger partial charge in [0.15, 0.2) is 5.96 Å². The zero-order chi connectivity index (χ0) is 16.1. The van der Waals surface area contributed by atoms with Crippen molar-refractivity contribution in [3.8, 4) is 0 Å². The van der Waals surface area contributed by atoms with E-state index in [2.05, 4.69) is 48.8 Å². The SMILES string of the molecule is CN(C(N)=NCNc1ccccc1F)c1ccc(Br)cc1I. The molecule has 0 amide bonds. The predicted molar refractivity (Wildman–Crippen MR) is 102 cm³/mol. The quantitative estimate of drug-likeness (QED) is 0.398. The maximum Gasteiger partial charge on any atom is 0.197 e. The summed E-state index contributed by atoms with van der Waals surface area (Å²) in [6.07, 6.45) is 0. The van der Waals surface area contributed by atoms with Crippen molar-refractivity contribution in [2.24, 2.45) is 10.7 Å². The molecule has 0 radical (unpaired) electrons. The summed E-state index contributed by atoms with van der Waals surface area (Å²) in [5.74, 6) is 0.0381. The van der Waals surface area contributed by atoms with Crippen LogP contribution in [0.25, 0.3) is 0 Å².